The molecule has 1 heterocycles. The molecule has 0 saturated carbocycles. The maximum absolute atomic E-state index is 11.5. The first-order chi connectivity index (χ1) is 42.0. The van der Waals surface area contributed by atoms with Crippen molar-refractivity contribution in [2.45, 2.75) is 143 Å². The summed E-state index contributed by atoms with van der Waals surface area (Å²) in [7, 11) is 21.8. The summed E-state index contributed by atoms with van der Waals surface area (Å²) in [6.45, 7) is 19.9. The molecule has 28 nitrogen and oxygen atoms in total. The van der Waals surface area contributed by atoms with Crippen LogP contribution >= 0.6 is 11.8 Å². The third-order valence-electron chi connectivity index (χ3n) is 11.0. The lowest BCUT2D eigenvalue weighted by molar-refractivity contribution is -0.123. The first-order valence-electron chi connectivity index (χ1n) is 30.1. The van der Waals surface area contributed by atoms with Crippen LogP contribution in [0.5, 0.6) is 0 Å². The Morgan fingerprint density at radius 1 is 0.578 bits per heavy atom. The molecule has 0 aliphatic carbocycles. The molecule has 1 aliphatic heterocycles. The van der Waals surface area contributed by atoms with Gasteiger partial charge >= 0.3 is 24.2 Å². The van der Waals surface area contributed by atoms with Crippen LogP contribution in [0.15, 0.2) is 24.3 Å². The van der Waals surface area contributed by atoms with Gasteiger partial charge in [-0.3, -0.25) is 33.6 Å². The summed E-state index contributed by atoms with van der Waals surface area (Å²) >= 11 is 1.63. The molecule has 2 rings (SSSR count). The molecule has 1 aromatic rings. The van der Waals surface area contributed by atoms with Gasteiger partial charge < -0.3 is 86.8 Å². The molecular formula is C61H119N13O15S. The van der Waals surface area contributed by atoms with E-state index in [1.165, 1.54) is 77.6 Å². The average Bonchev–Trinajstić information content (AvgIpc) is 1.77. The van der Waals surface area contributed by atoms with Crippen molar-refractivity contribution in [2.24, 2.45) is 0 Å². The summed E-state index contributed by atoms with van der Waals surface area (Å²) < 4.78 is 14.9. The van der Waals surface area contributed by atoms with Crippen molar-refractivity contribution in [3.63, 3.8) is 0 Å². The minimum atomic E-state index is -1.10. The molecule has 10 amide bonds. The number of unbranched alkanes of at least 4 members (excludes halogenated alkanes) is 1. The number of carbonyl (C=O) groups is 11. The Labute approximate surface area is 543 Å². The molecule has 524 valence electrons. The number of benzene rings is 1. The number of carboxylic acids is 1. The van der Waals surface area contributed by atoms with Crippen molar-refractivity contribution in [1.29, 1.82) is 0 Å². The number of piperidine rings is 1. The monoisotopic (exact) mass is 1310 g/mol. The Morgan fingerprint density at radius 3 is 1.43 bits per heavy atom. The van der Waals surface area contributed by atoms with Crippen LogP contribution < -0.4 is 47.9 Å². The maximum Gasteiger partial charge on any atom is 0.410 e. The first-order valence-corrected chi connectivity index (χ1v) is 31.5. The number of likely N-dealkylation sites (tertiary alicyclic amines) is 1. The molecule has 0 radical (unpaired) electrons. The molecule has 1 fully saturated rings. The lowest BCUT2D eigenvalue weighted by atomic mass is 10.1. The number of nitrogens with zero attached hydrogens (tertiary/aromatic N) is 4. The summed E-state index contributed by atoms with van der Waals surface area (Å²) in [6, 6.07) is 5.53. The molecule has 0 bridgehead atoms. The Balaban J connectivity index is -0.000000228. The van der Waals surface area contributed by atoms with E-state index >= 15 is 0 Å². The summed E-state index contributed by atoms with van der Waals surface area (Å²) in [6.07, 6.45) is 11.2. The van der Waals surface area contributed by atoms with Crippen LogP contribution in [0.25, 0.3) is 0 Å². The van der Waals surface area contributed by atoms with Gasteiger partial charge in [-0.25, -0.2) is 19.2 Å². The number of likely N-dealkylation sites (N-methyl/N-ethyl adjacent to an activating group) is 6. The van der Waals surface area contributed by atoms with Gasteiger partial charge in [-0.15, -0.1) is 0 Å². The fourth-order valence-electron chi connectivity index (χ4n) is 6.17. The minimum Gasteiger partial charge on any atom is -0.478 e. The normalized spacial score (nSPS) is 11.4. The number of carbonyl (C=O) groups excluding carboxylic acids is 10. The molecular weight excluding hydrogens is 1190 g/mol. The number of thioether (sulfide) groups is 1. The SMILES string of the molecule is CCCC(=O)NC.CCCCC(=O)NC.CNC(=O)C(CCSC)NC(=O)OC(C)(C)C.CNC(=O)CCCN1CCCCC1.CNC(=O)CN(C)C.CNC(=O)CN(C)C(=O)OC(C)(C)C.CNC(=O)OCCN(C)C.CNC(=O)c1ccccc1C(=O)O. The van der Waals surface area contributed by atoms with Crippen molar-refractivity contribution in [2.75, 3.05) is 150 Å². The van der Waals surface area contributed by atoms with E-state index < -0.39 is 41.3 Å². The number of alkyl carbamates (subject to hydrolysis) is 2. The lowest BCUT2D eigenvalue weighted by Gasteiger charge is -2.26. The largest absolute Gasteiger partial charge is 0.478 e. The number of amides is 10. The third-order valence-corrected chi connectivity index (χ3v) is 11.6. The fraction of sp³-hybridized carbons (Fsp3) is 0.721. The second-order valence-corrected chi connectivity index (χ2v) is 23.0. The molecule has 1 unspecified atom stereocenters. The number of rotatable bonds is 23. The van der Waals surface area contributed by atoms with Gasteiger partial charge in [0.25, 0.3) is 5.91 Å². The topological polar surface area (TPSA) is 357 Å². The smallest absolute Gasteiger partial charge is 0.410 e. The zero-order valence-electron chi connectivity index (χ0n) is 58.7. The van der Waals surface area contributed by atoms with E-state index in [-0.39, 0.29) is 59.2 Å². The summed E-state index contributed by atoms with van der Waals surface area (Å²) in [5.74, 6) is -0.629. The van der Waals surface area contributed by atoms with Crippen molar-refractivity contribution >= 4 is 77.4 Å². The van der Waals surface area contributed by atoms with Crippen LogP contribution in [0.1, 0.15) is 147 Å². The van der Waals surface area contributed by atoms with E-state index in [0.717, 1.165) is 44.5 Å². The van der Waals surface area contributed by atoms with Gasteiger partial charge in [0.05, 0.1) is 17.7 Å². The predicted molar refractivity (Wildman–Crippen MR) is 358 cm³/mol. The van der Waals surface area contributed by atoms with Crippen LogP contribution in [0.3, 0.4) is 0 Å². The van der Waals surface area contributed by atoms with Gasteiger partial charge in [0.1, 0.15) is 30.4 Å². The molecule has 1 aliphatic rings. The molecule has 1 atom stereocenters. The average molecular weight is 1310 g/mol. The number of nitrogens with one attached hydrogen (secondary N) is 9. The molecule has 1 saturated heterocycles. The van der Waals surface area contributed by atoms with Gasteiger partial charge in [-0.1, -0.05) is 38.8 Å². The highest BCUT2D eigenvalue weighted by molar-refractivity contribution is 7.98. The van der Waals surface area contributed by atoms with E-state index in [1.807, 2.05) is 51.2 Å². The number of hydrogen-bond acceptors (Lipinski definition) is 18. The number of aromatic carboxylic acids is 1. The van der Waals surface area contributed by atoms with E-state index in [4.69, 9.17) is 19.3 Å². The number of hydrogen-bond donors (Lipinski definition) is 10. The molecule has 1 aromatic carbocycles. The summed E-state index contributed by atoms with van der Waals surface area (Å²) in [5.41, 5.74) is -0.899. The predicted octanol–water partition coefficient (Wildman–Crippen LogP) is 4.37. The van der Waals surface area contributed by atoms with Gasteiger partial charge in [-0.05, 0) is 152 Å². The molecule has 10 N–H and O–H groups in total. The van der Waals surface area contributed by atoms with E-state index in [0.29, 0.717) is 38.8 Å². The Morgan fingerprint density at radius 2 is 1.06 bits per heavy atom. The van der Waals surface area contributed by atoms with E-state index in [9.17, 15) is 52.7 Å². The quantitative estimate of drug-likeness (QED) is 0.0680. The summed E-state index contributed by atoms with van der Waals surface area (Å²) in [5, 5.41) is 31.2. The zero-order chi connectivity index (χ0) is 70.8. The zero-order valence-corrected chi connectivity index (χ0v) is 59.5. The highest BCUT2D eigenvalue weighted by atomic mass is 32.2. The maximum atomic E-state index is 11.5. The summed E-state index contributed by atoms with van der Waals surface area (Å²) in [4.78, 5) is 127. The molecule has 90 heavy (non-hydrogen) atoms. The Hall–Kier alpha value is -6.98. The van der Waals surface area contributed by atoms with Crippen LogP contribution in [0, 0.1) is 0 Å². The fourth-order valence-corrected chi connectivity index (χ4v) is 6.65. The lowest BCUT2D eigenvalue weighted by Crippen LogP contribution is -2.47. The second kappa shape index (κ2) is 59.6. The van der Waals surface area contributed by atoms with Crippen molar-refractivity contribution < 1.29 is 72.1 Å². The van der Waals surface area contributed by atoms with Gasteiger partial charge in [0, 0.05) is 89.2 Å². The van der Waals surface area contributed by atoms with E-state index in [2.05, 4.69) is 59.7 Å². The Bertz CT molecular complexity index is 2140. The highest BCUT2D eigenvalue weighted by Gasteiger charge is 2.24. The van der Waals surface area contributed by atoms with Gasteiger partial charge in [-0.2, -0.15) is 11.8 Å². The molecule has 29 heteroatoms. The van der Waals surface area contributed by atoms with Gasteiger partial charge in [0.15, 0.2) is 0 Å². The number of carboxylic acid groups (broad SMARTS) is 1. The van der Waals surface area contributed by atoms with E-state index in [1.54, 1.807) is 101 Å². The van der Waals surface area contributed by atoms with Crippen LogP contribution in [0.2, 0.25) is 0 Å². The highest BCUT2D eigenvalue weighted by Crippen LogP contribution is 2.12. The second-order valence-electron chi connectivity index (χ2n) is 22.0. The Kier molecular flexibility index (Phi) is 62.4. The third kappa shape index (κ3) is 65.5. The minimum absolute atomic E-state index is 0.00537. The van der Waals surface area contributed by atoms with Crippen molar-refractivity contribution in [3.8, 4) is 0 Å². The number of ether oxygens (including phenoxy) is 3. The molecule has 0 aromatic heterocycles. The molecule has 0 spiro atoms. The van der Waals surface area contributed by atoms with Crippen LogP contribution in [-0.4, -0.2) is 257 Å². The first kappa shape index (κ1) is 94.1. The van der Waals surface area contributed by atoms with Crippen LogP contribution in [-0.2, 0) is 43.0 Å². The van der Waals surface area contributed by atoms with Crippen molar-refractivity contribution in [1.82, 2.24) is 67.5 Å². The van der Waals surface area contributed by atoms with Gasteiger partial charge in [0.2, 0.25) is 35.4 Å². The van der Waals surface area contributed by atoms with Crippen LogP contribution in [0.4, 0.5) is 14.4 Å². The standard InChI is InChI=1S/C11H22N2O3S.C10H20N2O.C9H18N2O3.C9H9NO3.C6H14N2O2.C6H13NO.C5H12N2O.C5H11NO/c1-11(2,3)16-10(15)13-8(6-7-17-5)9(14)12-4;1-11-10(13)6-5-9-12-7-3-2-4-8-12;1-9(2,3)14-8(13)11(5)6-7(12)10-4;1-10-8(11)6-4-2-3-5-7(6)9(12)13;1-7-6(9)10-5-4-8(2)3;1-3-4-5-6(8)7-2;1-6-5(8)4-7(2)3;1-3-4-5(7)6-2/h8H,6-7H2,1-5H3,(H,12,14)(H,13,15);2-9H2,1H3,(H,11,13);6H2,1-5H3,(H,10,12);2-5H,1H3,(H,10,11)(H,12,13);4-5H2,1-3H3,(H,7,9);3-5H2,1-2H3,(H,7,8);4H2,1-3H3,(H,6,8);3-4H2,1-2H3,(H,6,7). The van der Waals surface area contributed by atoms with Crippen molar-refractivity contribution in [3.05, 3.63) is 35.4 Å².